The van der Waals surface area contributed by atoms with Gasteiger partial charge in [0.1, 0.15) is 0 Å². The predicted molar refractivity (Wildman–Crippen MR) is 115 cm³/mol. The summed E-state index contributed by atoms with van der Waals surface area (Å²) >= 11 is 1.86. The zero-order chi connectivity index (χ0) is 19.4. The van der Waals surface area contributed by atoms with E-state index in [0.717, 1.165) is 45.4 Å². The molecule has 158 valence electrons. The van der Waals surface area contributed by atoms with E-state index in [2.05, 4.69) is 21.2 Å². The van der Waals surface area contributed by atoms with Gasteiger partial charge in [-0.3, -0.25) is 9.80 Å². The van der Waals surface area contributed by atoms with Crippen LogP contribution in [-0.4, -0.2) is 79.2 Å². The van der Waals surface area contributed by atoms with Crippen molar-refractivity contribution in [3.63, 3.8) is 0 Å². The quantitative estimate of drug-likeness (QED) is 0.702. The van der Waals surface area contributed by atoms with E-state index in [-0.39, 0.29) is 0 Å². The molecular formula is C20H34N4O2S2. The molecule has 1 aromatic heterocycles. The van der Waals surface area contributed by atoms with Crippen LogP contribution in [0.2, 0.25) is 0 Å². The monoisotopic (exact) mass is 426 g/mol. The molecule has 3 aliphatic heterocycles. The van der Waals surface area contributed by atoms with Gasteiger partial charge >= 0.3 is 0 Å². The van der Waals surface area contributed by atoms with Crippen molar-refractivity contribution in [2.75, 3.05) is 52.4 Å². The fourth-order valence-corrected chi connectivity index (χ4v) is 7.25. The Kier molecular flexibility index (Phi) is 7.07. The lowest BCUT2D eigenvalue weighted by Gasteiger charge is -2.26. The number of piperidine rings is 1. The second kappa shape index (κ2) is 9.53. The lowest BCUT2D eigenvalue weighted by atomic mass is 10.1. The Balaban J connectivity index is 1.29. The van der Waals surface area contributed by atoms with Crippen molar-refractivity contribution in [2.45, 2.75) is 51.6 Å². The van der Waals surface area contributed by atoms with Crippen LogP contribution in [-0.2, 0) is 23.3 Å². The molecule has 4 heterocycles. The molecule has 4 rings (SSSR count). The van der Waals surface area contributed by atoms with Crippen molar-refractivity contribution in [1.82, 2.24) is 18.4 Å². The fourth-order valence-electron chi connectivity index (χ4n) is 4.61. The first-order chi connectivity index (χ1) is 13.6. The first kappa shape index (κ1) is 20.8. The van der Waals surface area contributed by atoms with Gasteiger partial charge in [0.05, 0.1) is 0 Å². The third kappa shape index (κ3) is 5.15. The van der Waals surface area contributed by atoms with Crippen molar-refractivity contribution in [3.8, 4) is 0 Å². The second-order valence-corrected chi connectivity index (χ2v) is 11.3. The Morgan fingerprint density at radius 3 is 2.11 bits per heavy atom. The van der Waals surface area contributed by atoms with Crippen LogP contribution in [0.25, 0.3) is 0 Å². The molecule has 0 radical (unpaired) electrons. The zero-order valence-corrected chi connectivity index (χ0v) is 18.5. The number of thiophene rings is 1. The lowest BCUT2D eigenvalue weighted by molar-refractivity contribution is 0.221. The van der Waals surface area contributed by atoms with Gasteiger partial charge in [0.15, 0.2) is 0 Å². The molecular weight excluding hydrogens is 392 g/mol. The van der Waals surface area contributed by atoms with Crippen LogP contribution in [0, 0.1) is 0 Å². The van der Waals surface area contributed by atoms with Crippen molar-refractivity contribution in [3.05, 3.63) is 21.9 Å². The van der Waals surface area contributed by atoms with Crippen LogP contribution in [0.15, 0.2) is 11.4 Å². The zero-order valence-electron chi connectivity index (χ0n) is 16.9. The molecule has 3 aliphatic rings. The van der Waals surface area contributed by atoms with Gasteiger partial charge in [0.25, 0.3) is 10.2 Å². The Bertz CT molecular complexity index is 724. The van der Waals surface area contributed by atoms with E-state index in [4.69, 9.17) is 0 Å². The summed E-state index contributed by atoms with van der Waals surface area (Å²) in [7, 11) is -3.26. The summed E-state index contributed by atoms with van der Waals surface area (Å²) in [5.41, 5.74) is 1.44. The van der Waals surface area contributed by atoms with Crippen LogP contribution < -0.4 is 0 Å². The second-order valence-electron chi connectivity index (χ2n) is 8.40. The highest BCUT2D eigenvalue weighted by Gasteiger charge is 2.32. The standard InChI is InChI=1S/C20H34N4O2S2/c25-28(26,23-10-4-5-11-23)24-12-6-9-22(13-14-24)17-20-15-19(18-27-20)16-21-7-2-1-3-8-21/h15,18H,1-14,16-17H2. The first-order valence-corrected chi connectivity index (χ1v) is 13.2. The number of nitrogens with zero attached hydrogens (tertiary/aromatic N) is 4. The minimum absolute atomic E-state index is 0.616. The van der Waals surface area contributed by atoms with Crippen LogP contribution >= 0.6 is 11.3 Å². The minimum Gasteiger partial charge on any atom is -0.299 e. The normalized spacial score (nSPS) is 24.6. The van der Waals surface area contributed by atoms with Crippen LogP contribution in [0.5, 0.6) is 0 Å². The largest absolute Gasteiger partial charge is 0.299 e. The summed E-state index contributed by atoms with van der Waals surface area (Å²) in [4.78, 5) is 6.40. The molecule has 6 nitrogen and oxygen atoms in total. The maximum absolute atomic E-state index is 12.8. The molecule has 0 aromatic carbocycles. The van der Waals surface area contributed by atoms with E-state index in [1.807, 2.05) is 11.3 Å². The highest BCUT2D eigenvalue weighted by atomic mass is 32.2. The Hall–Kier alpha value is -0.510. The van der Waals surface area contributed by atoms with Gasteiger partial charge in [-0.05, 0) is 68.7 Å². The van der Waals surface area contributed by atoms with E-state index >= 15 is 0 Å². The maximum atomic E-state index is 12.8. The summed E-state index contributed by atoms with van der Waals surface area (Å²) in [5.74, 6) is 0. The summed E-state index contributed by atoms with van der Waals surface area (Å²) in [6.45, 7) is 8.95. The summed E-state index contributed by atoms with van der Waals surface area (Å²) in [6, 6.07) is 2.36. The average molecular weight is 427 g/mol. The van der Waals surface area contributed by atoms with Gasteiger partial charge in [-0.1, -0.05) is 6.42 Å². The van der Waals surface area contributed by atoms with E-state index < -0.39 is 10.2 Å². The number of hydrogen-bond donors (Lipinski definition) is 0. The summed E-state index contributed by atoms with van der Waals surface area (Å²) in [6.07, 6.45) is 6.96. The van der Waals surface area contributed by atoms with Gasteiger partial charge in [-0.25, -0.2) is 0 Å². The summed E-state index contributed by atoms with van der Waals surface area (Å²) < 4.78 is 29.0. The van der Waals surface area contributed by atoms with Gasteiger partial charge in [0.2, 0.25) is 0 Å². The van der Waals surface area contributed by atoms with Gasteiger partial charge < -0.3 is 0 Å². The van der Waals surface area contributed by atoms with Crippen molar-refractivity contribution in [1.29, 1.82) is 0 Å². The Labute approximate surface area is 174 Å². The predicted octanol–water partition coefficient (Wildman–Crippen LogP) is 2.58. The fraction of sp³-hybridized carbons (Fsp3) is 0.800. The van der Waals surface area contributed by atoms with Crippen molar-refractivity contribution < 1.29 is 8.42 Å². The highest BCUT2D eigenvalue weighted by molar-refractivity contribution is 7.86. The molecule has 8 heteroatoms. The molecule has 0 unspecified atom stereocenters. The van der Waals surface area contributed by atoms with Crippen LogP contribution in [0.1, 0.15) is 49.0 Å². The molecule has 3 fully saturated rings. The van der Waals surface area contributed by atoms with E-state index in [1.165, 1.54) is 42.8 Å². The SMILES string of the molecule is O=S(=O)(N1CCCC1)N1CCCN(Cc2cc(CN3CCCCC3)cs2)CC1. The molecule has 0 N–H and O–H groups in total. The van der Waals surface area contributed by atoms with E-state index in [0.29, 0.717) is 26.2 Å². The lowest BCUT2D eigenvalue weighted by Crippen LogP contribution is -2.44. The first-order valence-electron chi connectivity index (χ1n) is 10.9. The average Bonchev–Trinajstić information content (AvgIpc) is 3.32. The van der Waals surface area contributed by atoms with E-state index in [1.54, 1.807) is 8.61 Å². The Morgan fingerprint density at radius 1 is 0.714 bits per heavy atom. The molecule has 0 aliphatic carbocycles. The Morgan fingerprint density at radius 2 is 1.32 bits per heavy atom. The molecule has 0 saturated carbocycles. The third-order valence-electron chi connectivity index (χ3n) is 6.21. The maximum Gasteiger partial charge on any atom is 0.282 e. The number of rotatable bonds is 6. The van der Waals surface area contributed by atoms with Gasteiger partial charge in [0, 0.05) is 50.7 Å². The highest BCUT2D eigenvalue weighted by Crippen LogP contribution is 2.22. The third-order valence-corrected chi connectivity index (χ3v) is 9.21. The van der Waals surface area contributed by atoms with Crippen LogP contribution in [0.3, 0.4) is 0 Å². The topological polar surface area (TPSA) is 47.1 Å². The summed E-state index contributed by atoms with van der Waals surface area (Å²) in [5, 5.41) is 2.31. The molecule has 28 heavy (non-hydrogen) atoms. The smallest absolute Gasteiger partial charge is 0.282 e. The van der Waals surface area contributed by atoms with Crippen LogP contribution in [0.4, 0.5) is 0 Å². The molecule has 0 atom stereocenters. The number of hydrogen-bond acceptors (Lipinski definition) is 5. The molecule has 1 aromatic rings. The number of likely N-dealkylation sites (tertiary alicyclic amines) is 1. The van der Waals surface area contributed by atoms with E-state index in [9.17, 15) is 8.42 Å². The minimum atomic E-state index is -3.26. The van der Waals surface area contributed by atoms with Crippen molar-refractivity contribution in [2.24, 2.45) is 0 Å². The van der Waals surface area contributed by atoms with Gasteiger partial charge in [-0.15, -0.1) is 11.3 Å². The molecule has 0 amide bonds. The molecule has 0 bridgehead atoms. The van der Waals surface area contributed by atoms with Crippen molar-refractivity contribution >= 4 is 21.5 Å². The van der Waals surface area contributed by atoms with Gasteiger partial charge in [-0.2, -0.15) is 17.0 Å². The molecule has 3 saturated heterocycles. The molecule has 0 spiro atoms.